The summed E-state index contributed by atoms with van der Waals surface area (Å²) in [5.74, 6) is -1.36. The van der Waals surface area contributed by atoms with Gasteiger partial charge in [0.15, 0.2) is 0 Å². The number of urea groups is 1. The Balaban J connectivity index is 4.24. The molecule has 0 aliphatic heterocycles. The van der Waals surface area contributed by atoms with E-state index in [1.54, 1.807) is 0 Å². The fraction of sp³-hybridized carbons (Fsp3) is 0.778. The second kappa shape index (κ2) is 7.04. The van der Waals surface area contributed by atoms with Crippen molar-refractivity contribution in [2.45, 2.75) is 25.1 Å². The standard InChI is InChI=1S/C9H15F3N2O4/c1-14(4-3-9(10,11)12)8(18)13-6(2-5-15)7(16)17/h6,15H,2-5H2,1H3,(H,13,18)(H,16,17). The van der Waals surface area contributed by atoms with Gasteiger partial charge in [-0.25, -0.2) is 9.59 Å². The number of hydrogen-bond acceptors (Lipinski definition) is 3. The first kappa shape index (κ1) is 16.5. The number of aliphatic hydroxyl groups is 1. The number of aliphatic hydroxyl groups excluding tert-OH is 1. The highest BCUT2D eigenvalue weighted by Crippen LogP contribution is 2.19. The minimum Gasteiger partial charge on any atom is -0.480 e. The highest BCUT2D eigenvalue weighted by molar-refractivity contribution is 5.82. The molecule has 0 aliphatic carbocycles. The van der Waals surface area contributed by atoms with Gasteiger partial charge >= 0.3 is 18.2 Å². The minimum atomic E-state index is -4.38. The van der Waals surface area contributed by atoms with Gasteiger partial charge in [-0.15, -0.1) is 0 Å². The zero-order valence-electron chi connectivity index (χ0n) is 9.70. The third-order valence-corrected chi connectivity index (χ3v) is 2.09. The molecule has 0 saturated heterocycles. The molecule has 0 spiro atoms. The Morgan fingerprint density at radius 3 is 2.33 bits per heavy atom. The Kier molecular flexibility index (Phi) is 6.45. The fourth-order valence-electron chi connectivity index (χ4n) is 1.04. The molecular weight excluding hydrogens is 257 g/mol. The Morgan fingerprint density at radius 2 is 1.94 bits per heavy atom. The van der Waals surface area contributed by atoms with Crippen LogP contribution in [0.25, 0.3) is 0 Å². The van der Waals surface area contributed by atoms with E-state index in [9.17, 15) is 22.8 Å². The van der Waals surface area contributed by atoms with E-state index in [0.29, 0.717) is 0 Å². The van der Waals surface area contributed by atoms with Crippen molar-refractivity contribution in [3.63, 3.8) is 0 Å². The molecule has 3 N–H and O–H groups in total. The third-order valence-electron chi connectivity index (χ3n) is 2.09. The zero-order valence-corrected chi connectivity index (χ0v) is 9.70. The Bertz CT molecular complexity index is 296. The van der Waals surface area contributed by atoms with Gasteiger partial charge in [0.05, 0.1) is 6.42 Å². The molecule has 1 unspecified atom stereocenters. The normalized spacial score (nSPS) is 12.9. The number of amides is 2. The average Bonchev–Trinajstić information content (AvgIpc) is 2.23. The smallest absolute Gasteiger partial charge is 0.390 e. The van der Waals surface area contributed by atoms with Crippen molar-refractivity contribution in [1.82, 2.24) is 10.2 Å². The van der Waals surface area contributed by atoms with Crippen molar-refractivity contribution in [2.24, 2.45) is 0 Å². The van der Waals surface area contributed by atoms with E-state index in [1.807, 2.05) is 5.32 Å². The van der Waals surface area contributed by atoms with Crippen LogP contribution in [-0.4, -0.2) is 59.5 Å². The minimum absolute atomic E-state index is 0.214. The first-order valence-corrected chi connectivity index (χ1v) is 5.09. The van der Waals surface area contributed by atoms with Gasteiger partial charge in [-0.2, -0.15) is 13.2 Å². The summed E-state index contributed by atoms with van der Waals surface area (Å²) >= 11 is 0. The van der Waals surface area contributed by atoms with Gasteiger partial charge in [-0.05, 0) is 0 Å². The number of aliphatic carboxylic acids is 1. The summed E-state index contributed by atoms with van der Waals surface area (Å²) in [6, 6.07) is -2.25. The van der Waals surface area contributed by atoms with E-state index in [-0.39, 0.29) is 6.42 Å². The van der Waals surface area contributed by atoms with Crippen LogP contribution in [0.4, 0.5) is 18.0 Å². The molecule has 9 heteroatoms. The number of rotatable bonds is 6. The molecule has 106 valence electrons. The van der Waals surface area contributed by atoms with Crippen LogP contribution in [0.15, 0.2) is 0 Å². The van der Waals surface area contributed by atoms with Crippen molar-refractivity contribution < 1.29 is 33.0 Å². The molecule has 6 nitrogen and oxygen atoms in total. The molecule has 2 amide bonds. The Labute approximate surface area is 101 Å². The largest absolute Gasteiger partial charge is 0.480 e. The van der Waals surface area contributed by atoms with Crippen LogP contribution in [0.2, 0.25) is 0 Å². The van der Waals surface area contributed by atoms with Crippen LogP contribution in [0.1, 0.15) is 12.8 Å². The van der Waals surface area contributed by atoms with Crippen molar-refractivity contribution in [3.8, 4) is 0 Å². The fourth-order valence-corrected chi connectivity index (χ4v) is 1.04. The summed E-state index contributed by atoms with van der Waals surface area (Å²) in [5, 5.41) is 19.3. The Hall–Kier alpha value is -1.51. The molecule has 0 heterocycles. The maximum absolute atomic E-state index is 11.9. The molecule has 0 saturated carbocycles. The number of carboxylic acid groups (broad SMARTS) is 1. The maximum Gasteiger partial charge on any atom is 0.390 e. The van der Waals surface area contributed by atoms with Gasteiger partial charge in [0.25, 0.3) is 0 Å². The van der Waals surface area contributed by atoms with E-state index in [1.165, 1.54) is 0 Å². The van der Waals surface area contributed by atoms with E-state index in [4.69, 9.17) is 10.2 Å². The summed E-state index contributed by atoms with van der Waals surface area (Å²) in [7, 11) is 1.12. The monoisotopic (exact) mass is 272 g/mol. The van der Waals surface area contributed by atoms with Crippen LogP contribution in [-0.2, 0) is 4.79 Å². The molecule has 0 rings (SSSR count). The van der Waals surface area contributed by atoms with Gasteiger partial charge in [-0.3, -0.25) is 0 Å². The highest BCUT2D eigenvalue weighted by Gasteiger charge is 2.29. The topological polar surface area (TPSA) is 89.9 Å². The first-order chi connectivity index (χ1) is 8.17. The lowest BCUT2D eigenvalue weighted by Crippen LogP contribution is -2.47. The van der Waals surface area contributed by atoms with E-state index >= 15 is 0 Å². The number of carboxylic acids is 1. The third kappa shape index (κ3) is 6.94. The molecule has 0 radical (unpaired) electrons. The van der Waals surface area contributed by atoms with Crippen LogP contribution in [0.3, 0.4) is 0 Å². The molecule has 0 aromatic rings. The van der Waals surface area contributed by atoms with Crippen molar-refractivity contribution in [1.29, 1.82) is 0 Å². The van der Waals surface area contributed by atoms with Crippen molar-refractivity contribution in [2.75, 3.05) is 20.2 Å². The second-order valence-electron chi connectivity index (χ2n) is 3.64. The summed E-state index contributed by atoms with van der Waals surface area (Å²) in [6.07, 6.45) is -5.77. The first-order valence-electron chi connectivity index (χ1n) is 5.09. The van der Waals surface area contributed by atoms with E-state index in [2.05, 4.69) is 0 Å². The number of carbonyl (C=O) groups excluding carboxylic acids is 1. The van der Waals surface area contributed by atoms with Gasteiger partial charge in [0.1, 0.15) is 6.04 Å². The predicted molar refractivity (Wildman–Crippen MR) is 55.0 cm³/mol. The molecule has 0 aromatic heterocycles. The molecule has 0 aromatic carbocycles. The summed E-state index contributed by atoms with van der Waals surface area (Å²) < 4.78 is 35.7. The summed E-state index contributed by atoms with van der Waals surface area (Å²) in [4.78, 5) is 22.7. The average molecular weight is 272 g/mol. The summed E-state index contributed by atoms with van der Waals surface area (Å²) in [6.45, 7) is -1.02. The predicted octanol–water partition coefficient (Wildman–Crippen LogP) is 0.416. The molecular formula is C9H15F3N2O4. The van der Waals surface area contributed by atoms with Crippen molar-refractivity contribution >= 4 is 12.0 Å². The number of carbonyl (C=O) groups is 2. The Morgan fingerprint density at radius 1 is 1.39 bits per heavy atom. The maximum atomic E-state index is 11.9. The zero-order chi connectivity index (χ0) is 14.3. The SMILES string of the molecule is CN(CCC(F)(F)F)C(=O)NC(CCO)C(=O)O. The lowest BCUT2D eigenvalue weighted by molar-refractivity contribution is -0.140. The number of nitrogens with zero attached hydrogens (tertiary/aromatic N) is 1. The lowest BCUT2D eigenvalue weighted by atomic mass is 10.2. The number of hydrogen-bond donors (Lipinski definition) is 3. The quantitative estimate of drug-likeness (QED) is 0.653. The number of nitrogens with one attached hydrogen (secondary N) is 1. The number of halogens is 3. The van der Waals surface area contributed by atoms with Gasteiger partial charge in [0, 0.05) is 26.6 Å². The lowest BCUT2D eigenvalue weighted by Gasteiger charge is -2.21. The summed E-state index contributed by atoms with van der Waals surface area (Å²) in [5.41, 5.74) is 0. The van der Waals surface area contributed by atoms with Gasteiger partial charge in [0.2, 0.25) is 0 Å². The molecule has 0 bridgehead atoms. The van der Waals surface area contributed by atoms with E-state index < -0.39 is 43.8 Å². The van der Waals surface area contributed by atoms with Crippen LogP contribution < -0.4 is 5.32 Å². The molecule has 0 fully saturated rings. The number of alkyl halides is 3. The van der Waals surface area contributed by atoms with Crippen LogP contribution in [0.5, 0.6) is 0 Å². The van der Waals surface area contributed by atoms with E-state index in [0.717, 1.165) is 11.9 Å². The molecule has 1 atom stereocenters. The molecule has 18 heavy (non-hydrogen) atoms. The second-order valence-corrected chi connectivity index (χ2v) is 3.64. The highest BCUT2D eigenvalue weighted by atomic mass is 19.4. The van der Waals surface area contributed by atoms with Gasteiger partial charge < -0.3 is 20.4 Å². The van der Waals surface area contributed by atoms with Crippen molar-refractivity contribution in [3.05, 3.63) is 0 Å². The van der Waals surface area contributed by atoms with Crippen LogP contribution in [0, 0.1) is 0 Å². The van der Waals surface area contributed by atoms with Gasteiger partial charge in [-0.1, -0.05) is 0 Å². The molecule has 0 aliphatic rings. The van der Waals surface area contributed by atoms with Crippen LogP contribution >= 0.6 is 0 Å².